The summed E-state index contributed by atoms with van der Waals surface area (Å²) in [6, 6.07) is 14.9. The summed E-state index contributed by atoms with van der Waals surface area (Å²) in [5.41, 5.74) is 2.31. The van der Waals surface area contributed by atoms with Gasteiger partial charge in [-0.2, -0.15) is 0 Å². The fourth-order valence-corrected chi connectivity index (χ4v) is 4.81. The van der Waals surface area contributed by atoms with Crippen LogP contribution in [0.3, 0.4) is 0 Å². The highest BCUT2D eigenvalue weighted by molar-refractivity contribution is 6.01. The van der Waals surface area contributed by atoms with Gasteiger partial charge in [0.25, 0.3) is 5.91 Å². The Morgan fingerprint density at radius 1 is 1.03 bits per heavy atom. The monoisotopic (exact) mass is 392 g/mol. The van der Waals surface area contributed by atoms with Crippen molar-refractivity contribution < 1.29 is 14.3 Å². The van der Waals surface area contributed by atoms with E-state index in [0.717, 1.165) is 17.7 Å². The maximum absolute atomic E-state index is 13.2. The van der Waals surface area contributed by atoms with Crippen LogP contribution in [0.4, 0.5) is 0 Å². The maximum atomic E-state index is 13.2. The molecule has 152 valence electrons. The summed E-state index contributed by atoms with van der Waals surface area (Å²) >= 11 is 0. The topological polar surface area (TPSA) is 67.4 Å². The zero-order valence-electron chi connectivity index (χ0n) is 16.8. The van der Waals surface area contributed by atoms with Gasteiger partial charge in [0.05, 0.1) is 6.17 Å². The van der Waals surface area contributed by atoms with E-state index < -0.39 is 0 Å². The summed E-state index contributed by atoms with van der Waals surface area (Å²) in [6.07, 6.45) is 6.24. The molecule has 4 rings (SSSR count). The van der Waals surface area contributed by atoms with E-state index in [1.54, 1.807) is 12.1 Å². The van der Waals surface area contributed by atoms with Gasteiger partial charge in [0.1, 0.15) is 5.75 Å². The number of piperidine rings is 1. The van der Waals surface area contributed by atoms with Gasteiger partial charge in [-0.3, -0.25) is 14.9 Å². The van der Waals surface area contributed by atoms with Crippen molar-refractivity contribution >= 4 is 11.9 Å². The van der Waals surface area contributed by atoms with Gasteiger partial charge in [0.15, 0.2) is 0 Å². The number of fused-ring (bicyclic) bond motifs is 1. The van der Waals surface area contributed by atoms with Crippen molar-refractivity contribution in [1.29, 1.82) is 0 Å². The molecular formula is C24H28N2O3. The van der Waals surface area contributed by atoms with Crippen LogP contribution in [0.15, 0.2) is 48.5 Å². The molecule has 0 spiro atoms. The van der Waals surface area contributed by atoms with Gasteiger partial charge >= 0.3 is 5.97 Å². The summed E-state index contributed by atoms with van der Waals surface area (Å²) < 4.78 is 5.21. The summed E-state index contributed by atoms with van der Waals surface area (Å²) in [4.78, 5) is 24.5. The Labute approximate surface area is 171 Å². The Morgan fingerprint density at radius 3 is 2.72 bits per heavy atom. The largest absolute Gasteiger partial charge is 0.427 e. The molecule has 2 N–H and O–H groups in total. The van der Waals surface area contributed by atoms with E-state index in [9.17, 15) is 9.59 Å². The van der Waals surface area contributed by atoms with E-state index in [2.05, 4.69) is 10.6 Å². The number of nitrogens with one attached hydrogen (secondary N) is 2. The van der Waals surface area contributed by atoms with Gasteiger partial charge in [0.2, 0.25) is 0 Å². The molecule has 0 aromatic heterocycles. The second-order valence-electron chi connectivity index (χ2n) is 8.07. The highest BCUT2D eigenvalue weighted by Crippen LogP contribution is 2.36. The third-order valence-corrected chi connectivity index (χ3v) is 6.14. The number of hydrogen-bond acceptors (Lipinski definition) is 4. The van der Waals surface area contributed by atoms with Crippen molar-refractivity contribution in [2.75, 3.05) is 6.54 Å². The van der Waals surface area contributed by atoms with Crippen molar-refractivity contribution in [2.24, 2.45) is 11.8 Å². The van der Waals surface area contributed by atoms with Gasteiger partial charge in [-0.15, -0.1) is 0 Å². The molecule has 2 aliphatic rings. The molecule has 3 unspecified atom stereocenters. The van der Waals surface area contributed by atoms with Crippen molar-refractivity contribution in [3.8, 4) is 16.9 Å². The molecule has 1 saturated carbocycles. The molecule has 5 heteroatoms. The lowest BCUT2D eigenvalue weighted by molar-refractivity contribution is -0.131. The van der Waals surface area contributed by atoms with E-state index in [-0.39, 0.29) is 18.0 Å². The minimum atomic E-state index is -0.362. The molecule has 2 fully saturated rings. The molecule has 3 atom stereocenters. The quantitative estimate of drug-likeness (QED) is 0.606. The first-order valence-electron chi connectivity index (χ1n) is 10.5. The Kier molecular flexibility index (Phi) is 5.95. The molecule has 29 heavy (non-hydrogen) atoms. The molecular weight excluding hydrogens is 364 g/mol. The van der Waals surface area contributed by atoms with Crippen LogP contribution in [0.5, 0.6) is 5.75 Å². The molecule has 2 aromatic carbocycles. The van der Waals surface area contributed by atoms with E-state index in [1.165, 1.54) is 39.0 Å². The number of ether oxygens (including phenoxy) is 1. The van der Waals surface area contributed by atoms with Crippen molar-refractivity contribution in [2.45, 2.75) is 45.2 Å². The summed E-state index contributed by atoms with van der Waals surface area (Å²) in [6.45, 7) is 2.34. The number of hydrogen-bond donors (Lipinski definition) is 2. The van der Waals surface area contributed by atoms with Crippen LogP contribution in [0, 0.1) is 11.8 Å². The standard InChI is InChI=1S/C24H28N2O3/c1-16(27)29-19-9-6-8-18(15-19)20-10-4-5-12-22(20)24(28)26-23-21-11-3-2-7-17(21)13-14-25-23/h4-6,8-10,12,15,17,21,23,25H,2-3,7,11,13-14H2,1H3,(H,26,28). The number of amides is 1. The van der Waals surface area contributed by atoms with E-state index in [4.69, 9.17) is 4.74 Å². The summed E-state index contributed by atoms with van der Waals surface area (Å²) in [5.74, 6) is 1.27. The van der Waals surface area contributed by atoms with Crippen LogP contribution in [0.2, 0.25) is 0 Å². The van der Waals surface area contributed by atoms with Crippen molar-refractivity contribution in [3.05, 3.63) is 54.1 Å². The van der Waals surface area contributed by atoms with Crippen LogP contribution in [-0.4, -0.2) is 24.6 Å². The Balaban J connectivity index is 1.56. The van der Waals surface area contributed by atoms with Crippen LogP contribution < -0.4 is 15.4 Å². The normalized spacial score (nSPS) is 23.7. The summed E-state index contributed by atoms with van der Waals surface area (Å²) in [5, 5.41) is 6.78. The minimum Gasteiger partial charge on any atom is -0.427 e. The number of esters is 1. The Bertz CT molecular complexity index is 893. The maximum Gasteiger partial charge on any atom is 0.308 e. The smallest absolute Gasteiger partial charge is 0.308 e. The average Bonchev–Trinajstić information content (AvgIpc) is 2.74. The Hall–Kier alpha value is -2.66. The second kappa shape index (κ2) is 8.78. The zero-order chi connectivity index (χ0) is 20.2. The molecule has 0 bridgehead atoms. The minimum absolute atomic E-state index is 0.0296. The molecule has 1 aliphatic carbocycles. The molecule has 1 heterocycles. The highest BCUT2D eigenvalue weighted by atomic mass is 16.5. The zero-order valence-corrected chi connectivity index (χ0v) is 16.8. The summed E-state index contributed by atoms with van der Waals surface area (Å²) in [7, 11) is 0. The first-order chi connectivity index (χ1) is 14.1. The molecule has 1 amide bonds. The lowest BCUT2D eigenvalue weighted by atomic mass is 9.74. The molecule has 1 aliphatic heterocycles. The first-order valence-corrected chi connectivity index (χ1v) is 10.5. The number of carbonyl (C=O) groups excluding carboxylic acids is 2. The second-order valence-corrected chi connectivity index (χ2v) is 8.07. The number of benzene rings is 2. The van der Waals surface area contributed by atoms with Crippen LogP contribution in [0.25, 0.3) is 11.1 Å². The van der Waals surface area contributed by atoms with E-state index in [0.29, 0.717) is 23.1 Å². The van der Waals surface area contributed by atoms with E-state index >= 15 is 0 Å². The van der Waals surface area contributed by atoms with Crippen LogP contribution in [-0.2, 0) is 4.79 Å². The van der Waals surface area contributed by atoms with Crippen molar-refractivity contribution in [3.63, 3.8) is 0 Å². The Morgan fingerprint density at radius 2 is 1.86 bits per heavy atom. The van der Waals surface area contributed by atoms with Crippen molar-refractivity contribution in [1.82, 2.24) is 10.6 Å². The predicted octanol–water partition coefficient (Wildman–Crippen LogP) is 4.13. The fraction of sp³-hybridized carbons (Fsp3) is 0.417. The number of carbonyl (C=O) groups is 2. The molecule has 1 saturated heterocycles. The highest BCUT2D eigenvalue weighted by Gasteiger charge is 2.35. The van der Waals surface area contributed by atoms with E-state index in [1.807, 2.05) is 36.4 Å². The molecule has 2 aromatic rings. The SMILES string of the molecule is CC(=O)Oc1cccc(-c2ccccc2C(=O)NC2NCCC3CCCCC32)c1. The van der Waals surface area contributed by atoms with Crippen LogP contribution in [0.1, 0.15) is 49.4 Å². The van der Waals surface area contributed by atoms with Gasteiger partial charge < -0.3 is 10.1 Å². The first kappa shape index (κ1) is 19.6. The fourth-order valence-electron chi connectivity index (χ4n) is 4.81. The van der Waals surface area contributed by atoms with Gasteiger partial charge in [-0.25, -0.2) is 0 Å². The van der Waals surface area contributed by atoms with Gasteiger partial charge in [-0.1, -0.05) is 49.6 Å². The predicted molar refractivity (Wildman–Crippen MR) is 113 cm³/mol. The lowest BCUT2D eigenvalue weighted by Gasteiger charge is -2.42. The third kappa shape index (κ3) is 4.51. The molecule has 0 radical (unpaired) electrons. The van der Waals surface area contributed by atoms with Gasteiger partial charge in [0, 0.05) is 12.5 Å². The average molecular weight is 392 g/mol. The lowest BCUT2D eigenvalue weighted by Crippen LogP contribution is -2.56. The van der Waals surface area contributed by atoms with Gasteiger partial charge in [-0.05, 0) is 60.5 Å². The molecule has 5 nitrogen and oxygen atoms in total. The van der Waals surface area contributed by atoms with Crippen LogP contribution >= 0.6 is 0 Å². The number of rotatable bonds is 4. The third-order valence-electron chi connectivity index (χ3n) is 6.14.